The van der Waals surface area contributed by atoms with Gasteiger partial charge in [0, 0.05) is 26.1 Å². The maximum absolute atomic E-state index is 12.3. The Labute approximate surface area is 113 Å². The number of nitrogens with zero attached hydrogens (tertiary/aromatic N) is 1. The highest BCUT2D eigenvalue weighted by Gasteiger charge is 2.28. The standard InChI is InChI=1S/C10H12N2O5S2/c13-8-3-5-12(6-4-11-8)19(16,17)9-2-1-7(18-9)10(14)15/h1-2H,3-6H2,(H,11,13)(H,14,15). The largest absolute Gasteiger partial charge is 0.477 e. The number of hydrogen-bond acceptors (Lipinski definition) is 5. The molecule has 2 rings (SSSR count). The molecule has 1 aromatic heterocycles. The number of nitrogens with one attached hydrogen (secondary N) is 1. The summed E-state index contributed by atoms with van der Waals surface area (Å²) in [7, 11) is -3.73. The Kier molecular flexibility index (Phi) is 3.88. The van der Waals surface area contributed by atoms with Gasteiger partial charge in [0.25, 0.3) is 10.0 Å². The van der Waals surface area contributed by atoms with Crippen molar-refractivity contribution in [3.05, 3.63) is 17.0 Å². The number of thiophene rings is 1. The quantitative estimate of drug-likeness (QED) is 0.815. The Morgan fingerprint density at radius 3 is 2.74 bits per heavy atom. The molecular formula is C10H12N2O5S2. The van der Waals surface area contributed by atoms with Gasteiger partial charge >= 0.3 is 5.97 Å². The number of carbonyl (C=O) groups excluding carboxylic acids is 1. The van der Waals surface area contributed by atoms with E-state index < -0.39 is 16.0 Å². The molecule has 0 atom stereocenters. The van der Waals surface area contributed by atoms with E-state index in [1.54, 1.807) is 0 Å². The molecule has 0 aliphatic carbocycles. The van der Waals surface area contributed by atoms with Crippen molar-refractivity contribution in [2.75, 3.05) is 19.6 Å². The fraction of sp³-hybridized carbons (Fsp3) is 0.400. The Bertz CT molecular complexity index is 607. The van der Waals surface area contributed by atoms with Crippen molar-refractivity contribution in [1.29, 1.82) is 0 Å². The fourth-order valence-corrected chi connectivity index (χ4v) is 4.43. The smallest absolute Gasteiger partial charge is 0.345 e. The molecule has 0 saturated carbocycles. The van der Waals surface area contributed by atoms with Crippen LogP contribution < -0.4 is 5.32 Å². The van der Waals surface area contributed by atoms with Crippen LogP contribution in [0.3, 0.4) is 0 Å². The molecule has 0 radical (unpaired) electrons. The number of carboxylic acids is 1. The van der Waals surface area contributed by atoms with Crippen molar-refractivity contribution >= 4 is 33.2 Å². The van der Waals surface area contributed by atoms with E-state index >= 15 is 0 Å². The topological polar surface area (TPSA) is 104 Å². The molecule has 0 unspecified atom stereocenters. The van der Waals surface area contributed by atoms with Crippen molar-refractivity contribution in [3.63, 3.8) is 0 Å². The van der Waals surface area contributed by atoms with Crippen LogP contribution in [0.15, 0.2) is 16.3 Å². The second-order valence-electron chi connectivity index (χ2n) is 3.93. The van der Waals surface area contributed by atoms with Gasteiger partial charge in [-0.25, -0.2) is 13.2 Å². The van der Waals surface area contributed by atoms with Crippen molar-refractivity contribution in [3.8, 4) is 0 Å². The zero-order chi connectivity index (χ0) is 14.0. The first kappa shape index (κ1) is 14.0. The van der Waals surface area contributed by atoms with Gasteiger partial charge in [-0.05, 0) is 12.1 Å². The van der Waals surface area contributed by atoms with Gasteiger partial charge in [-0.2, -0.15) is 4.31 Å². The molecule has 2 heterocycles. The Morgan fingerprint density at radius 2 is 2.11 bits per heavy atom. The van der Waals surface area contributed by atoms with Crippen molar-refractivity contribution in [2.45, 2.75) is 10.6 Å². The van der Waals surface area contributed by atoms with E-state index in [1.807, 2.05) is 0 Å². The normalized spacial score (nSPS) is 17.8. The monoisotopic (exact) mass is 304 g/mol. The number of rotatable bonds is 3. The molecule has 1 saturated heterocycles. The van der Waals surface area contributed by atoms with E-state index in [9.17, 15) is 18.0 Å². The summed E-state index contributed by atoms with van der Waals surface area (Å²) in [6, 6.07) is 2.55. The predicted molar refractivity (Wildman–Crippen MR) is 67.7 cm³/mol. The number of aromatic carboxylic acids is 1. The van der Waals surface area contributed by atoms with E-state index in [1.165, 1.54) is 16.4 Å². The highest BCUT2D eigenvalue weighted by atomic mass is 32.2. The molecule has 1 amide bonds. The third-order valence-corrected chi connectivity index (χ3v) is 6.10. The summed E-state index contributed by atoms with van der Waals surface area (Å²) >= 11 is 0.715. The Balaban J connectivity index is 2.25. The van der Waals surface area contributed by atoms with Crippen LogP contribution in [-0.4, -0.2) is 49.3 Å². The first-order chi connectivity index (χ1) is 8.91. The zero-order valence-corrected chi connectivity index (χ0v) is 11.5. The average Bonchev–Trinajstić information content (AvgIpc) is 2.74. The number of carboxylic acid groups (broad SMARTS) is 1. The molecule has 1 fully saturated rings. The minimum atomic E-state index is -3.73. The first-order valence-corrected chi connectivity index (χ1v) is 7.77. The van der Waals surface area contributed by atoms with Crippen LogP contribution in [-0.2, 0) is 14.8 Å². The van der Waals surface area contributed by atoms with E-state index in [4.69, 9.17) is 5.11 Å². The second kappa shape index (κ2) is 5.27. The fourth-order valence-electron chi connectivity index (χ4n) is 1.69. The molecule has 2 N–H and O–H groups in total. The summed E-state index contributed by atoms with van der Waals surface area (Å²) in [6.07, 6.45) is 0.108. The van der Waals surface area contributed by atoms with Crippen molar-refractivity contribution in [1.82, 2.24) is 9.62 Å². The van der Waals surface area contributed by atoms with Gasteiger partial charge in [-0.1, -0.05) is 0 Å². The molecule has 1 aliphatic rings. The van der Waals surface area contributed by atoms with Crippen LogP contribution in [0, 0.1) is 0 Å². The summed E-state index contributed by atoms with van der Waals surface area (Å²) in [5, 5.41) is 11.4. The molecule has 1 aliphatic heterocycles. The summed E-state index contributed by atoms with van der Waals surface area (Å²) in [4.78, 5) is 21.9. The third kappa shape index (κ3) is 2.94. The van der Waals surface area contributed by atoms with Gasteiger partial charge in [0.2, 0.25) is 5.91 Å². The van der Waals surface area contributed by atoms with E-state index in [0.717, 1.165) is 0 Å². The summed E-state index contributed by atoms with van der Waals surface area (Å²) in [6.45, 7) is 0.554. The third-order valence-electron chi connectivity index (χ3n) is 2.66. The van der Waals surface area contributed by atoms with Crippen LogP contribution in [0.4, 0.5) is 0 Å². The average molecular weight is 304 g/mol. The minimum absolute atomic E-state index is 0.0146. The van der Waals surface area contributed by atoms with E-state index in [-0.39, 0.29) is 41.0 Å². The maximum atomic E-state index is 12.3. The van der Waals surface area contributed by atoms with Crippen LogP contribution in [0.25, 0.3) is 0 Å². The van der Waals surface area contributed by atoms with Crippen LogP contribution in [0.2, 0.25) is 0 Å². The lowest BCUT2D eigenvalue weighted by atomic mass is 10.4. The molecule has 1 aromatic rings. The molecule has 0 bridgehead atoms. The van der Waals surface area contributed by atoms with Gasteiger partial charge in [-0.15, -0.1) is 11.3 Å². The zero-order valence-electron chi connectivity index (χ0n) is 9.83. The molecule has 104 valence electrons. The summed E-state index contributed by atoms with van der Waals surface area (Å²) in [5.41, 5.74) is 0. The highest BCUT2D eigenvalue weighted by Crippen LogP contribution is 2.25. The van der Waals surface area contributed by atoms with Crippen molar-refractivity contribution < 1.29 is 23.1 Å². The number of amides is 1. The molecule has 7 nitrogen and oxygen atoms in total. The van der Waals surface area contributed by atoms with E-state index in [2.05, 4.69) is 5.32 Å². The van der Waals surface area contributed by atoms with E-state index in [0.29, 0.717) is 11.3 Å². The number of carbonyl (C=O) groups is 2. The summed E-state index contributed by atoms with van der Waals surface area (Å²) < 4.78 is 25.8. The Morgan fingerprint density at radius 1 is 1.37 bits per heavy atom. The van der Waals surface area contributed by atoms with Gasteiger partial charge in [-0.3, -0.25) is 4.79 Å². The van der Waals surface area contributed by atoms with Crippen LogP contribution in [0.5, 0.6) is 0 Å². The SMILES string of the molecule is O=C1CCN(S(=O)(=O)c2ccc(C(=O)O)s2)CCN1. The lowest BCUT2D eigenvalue weighted by Gasteiger charge is -2.17. The van der Waals surface area contributed by atoms with Crippen molar-refractivity contribution in [2.24, 2.45) is 0 Å². The van der Waals surface area contributed by atoms with Gasteiger partial charge in [0.05, 0.1) is 0 Å². The molecular weight excluding hydrogens is 292 g/mol. The number of hydrogen-bond donors (Lipinski definition) is 2. The van der Waals surface area contributed by atoms with Gasteiger partial charge in [0.15, 0.2) is 0 Å². The highest BCUT2D eigenvalue weighted by molar-refractivity contribution is 7.91. The maximum Gasteiger partial charge on any atom is 0.345 e. The van der Waals surface area contributed by atoms with Crippen LogP contribution in [0.1, 0.15) is 16.1 Å². The minimum Gasteiger partial charge on any atom is -0.477 e. The first-order valence-electron chi connectivity index (χ1n) is 5.51. The molecule has 19 heavy (non-hydrogen) atoms. The second-order valence-corrected chi connectivity index (χ2v) is 7.18. The van der Waals surface area contributed by atoms with Gasteiger partial charge < -0.3 is 10.4 Å². The number of sulfonamides is 1. The Hall–Kier alpha value is -1.45. The molecule has 0 aromatic carbocycles. The molecule has 9 heteroatoms. The molecule has 0 spiro atoms. The lowest BCUT2D eigenvalue weighted by molar-refractivity contribution is -0.120. The van der Waals surface area contributed by atoms with Gasteiger partial charge in [0.1, 0.15) is 9.09 Å². The lowest BCUT2D eigenvalue weighted by Crippen LogP contribution is -2.33. The predicted octanol–water partition coefficient (Wildman–Crippen LogP) is -0.0431. The summed E-state index contributed by atoms with van der Waals surface area (Å²) in [5.74, 6) is -1.34. The van der Waals surface area contributed by atoms with Crippen LogP contribution >= 0.6 is 11.3 Å².